The Morgan fingerprint density at radius 1 is 1.18 bits per heavy atom. The third-order valence-electron chi connectivity index (χ3n) is 5.25. The summed E-state index contributed by atoms with van der Waals surface area (Å²) in [4.78, 5) is 27.4. The van der Waals surface area contributed by atoms with E-state index in [2.05, 4.69) is 15.5 Å². The van der Waals surface area contributed by atoms with Crippen molar-refractivity contribution in [2.75, 3.05) is 4.90 Å². The Labute approximate surface area is 166 Å². The minimum absolute atomic E-state index is 0.0107. The van der Waals surface area contributed by atoms with Crippen molar-refractivity contribution in [2.24, 2.45) is 0 Å². The van der Waals surface area contributed by atoms with Crippen LogP contribution >= 0.6 is 11.8 Å². The zero-order valence-corrected chi connectivity index (χ0v) is 15.8. The first-order valence-electron chi connectivity index (χ1n) is 9.15. The van der Waals surface area contributed by atoms with Crippen LogP contribution in [0.25, 0.3) is 11.3 Å². The third kappa shape index (κ3) is 2.62. The number of nitrogens with one attached hydrogen (secondary N) is 2. The molecule has 0 spiro atoms. The van der Waals surface area contributed by atoms with Gasteiger partial charge in [-0.15, -0.1) is 0 Å². The molecule has 5 rings (SSSR count). The van der Waals surface area contributed by atoms with Crippen molar-refractivity contribution in [1.29, 1.82) is 0 Å². The molecule has 2 aliphatic rings. The molecule has 1 saturated heterocycles. The topological polar surface area (TPSA) is 78.1 Å². The first kappa shape index (κ1) is 17.1. The number of fused-ring (bicyclic) bond motifs is 3. The van der Waals surface area contributed by atoms with Gasteiger partial charge in [0.2, 0.25) is 5.91 Å². The Bertz CT molecular complexity index is 1050. The number of carbonyl (C=O) groups is 2. The molecule has 1 atom stereocenters. The van der Waals surface area contributed by atoms with Crippen LogP contribution in [0.5, 0.6) is 0 Å². The maximum absolute atomic E-state index is 13.2. The predicted octanol–water partition coefficient (Wildman–Crippen LogP) is 3.32. The van der Waals surface area contributed by atoms with Crippen LogP contribution in [0.4, 0.5) is 5.69 Å². The van der Waals surface area contributed by atoms with Crippen LogP contribution in [0.15, 0.2) is 65.7 Å². The second-order valence-corrected chi connectivity index (χ2v) is 8.25. The standard InChI is InChI=1S/C21H18N4O2S/c26-19-9-11-21(25(19)17-3-1-2-4-18(17)28-21)20(27)22-13-14-5-7-15(8-6-14)16-10-12-23-24-16/h1-8,10,12H,9,11,13H2,(H,22,27)(H,23,24)/t21-/m1/s1. The van der Waals surface area contributed by atoms with Crippen molar-refractivity contribution in [1.82, 2.24) is 15.5 Å². The van der Waals surface area contributed by atoms with E-state index < -0.39 is 4.87 Å². The van der Waals surface area contributed by atoms with Gasteiger partial charge in [-0.3, -0.25) is 19.6 Å². The highest BCUT2D eigenvalue weighted by Gasteiger charge is 2.57. The first-order valence-corrected chi connectivity index (χ1v) is 9.97. The van der Waals surface area contributed by atoms with Crippen molar-refractivity contribution in [3.8, 4) is 11.3 Å². The summed E-state index contributed by atoms with van der Waals surface area (Å²) in [6.45, 7) is 0.419. The second-order valence-electron chi connectivity index (χ2n) is 6.93. The van der Waals surface area contributed by atoms with E-state index in [0.717, 1.165) is 27.4 Å². The number of para-hydroxylation sites is 1. The third-order valence-corrected chi connectivity index (χ3v) is 6.72. The fourth-order valence-electron chi connectivity index (χ4n) is 3.84. The molecule has 140 valence electrons. The monoisotopic (exact) mass is 390 g/mol. The summed E-state index contributed by atoms with van der Waals surface area (Å²) in [7, 11) is 0. The van der Waals surface area contributed by atoms with Crippen LogP contribution in [-0.4, -0.2) is 26.9 Å². The van der Waals surface area contributed by atoms with E-state index in [1.54, 1.807) is 11.1 Å². The molecule has 3 aromatic rings. The molecule has 1 fully saturated rings. The molecule has 28 heavy (non-hydrogen) atoms. The van der Waals surface area contributed by atoms with Gasteiger partial charge in [0.1, 0.15) is 0 Å². The zero-order chi connectivity index (χ0) is 19.1. The van der Waals surface area contributed by atoms with Crippen LogP contribution in [-0.2, 0) is 16.1 Å². The summed E-state index contributed by atoms with van der Waals surface area (Å²) < 4.78 is 0. The molecule has 2 amide bonds. The normalized spacial score (nSPS) is 20.1. The predicted molar refractivity (Wildman–Crippen MR) is 108 cm³/mol. The highest BCUT2D eigenvalue weighted by Crippen LogP contribution is 2.55. The molecule has 0 radical (unpaired) electrons. The van der Waals surface area contributed by atoms with Gasteiger partial charge in [0.25, 0.3) is 5.91 Å². The molecule has 0 bridgehead atoms. The number of amides is 2. The minimum atomic E-state index is -0.864. The van der Waals surface area contributed by atoms with Crippen LogP contribution in [0.1, 0.15) is 18.4 Å². The lowest BCUT2D eigenvalue weighted by molar-refractivity contribution is -0.124. The van der Waals surface area contributed by atoms with Gasteiger partial charge >= 0.3 is 0 Å². The van der Waals surface area contributed by atoms with Gasteiger partial charge in [0.05, 0.1) is 11.4 Å². The number of rotatable bonds is 4. The fourth-order valence-corrected chi connectivity index (χ4v) is 5.27. The highest BCUT2D eigenvalue weighted by atomic mass is 32.2. The number of thioether (sulfide) groups is 1. The van der Waals surface area contributed by atoms with Crippen molar-refractivity contribution in [3.63, 3.8) is 0 Å². The molecule has 6 nitrogen and oxygen atoms in total. The van der Waals surface area contributed by atoms with Gasteiger partial charge < -0.3 is 5.32 Å². The molecule has 3 heterocycles. The van der Waals surface area contributed by atoms with E-state index in [9.17, 15) is 9.59 Å². The first-order chi connectivity index (χ1) is 13.7. The van der Waals surface area contributed by atoms with Gasteiger partial charge in [0.15, 0.2) is 4.87 Å². The Morgan fingerprint density at radius 2 is 2.00 bits per heavy atom. The highest BCUT2D eigenvalue weighted by molar-refractivity contribution is 8.02. The van der Waals surface area contributed by atoms with Crippen LogP contribution in [0.3, 0.4) is 0 Å². The fraction of sp³-hybridized carbons (Fsp3) is 0.190. The number of anilines is 1. The van der Waals surface area contributed by atoms with E-state index in [4.69, 9.17) is 0 Å². The largest absolute Gasteiger partial charge is 0.349 e. The Balaban J connectivity index is 1.33. The van der Waals surface area contributed by atoms with Gasteiger partial charge in [0, 0.05) is 24.1 Å². The summed E-state index contributed by atoms with van der Waals surface area (Å²) in [6.07, 6.45) is 2.64. The number of hydrogen-bond donors (Lipinski definition) is 2. The summed E-state index contributed by atoms with van der Waals surface area (Å²) in [5.41, 5.74) is 3.84. The van der Waals surface area contributed by atoms with Crippen molar-refractivity contribution in [2.45, 2.75) is 29.2 Å². The molecule has 2 aromatic carbocycles. The number of carbonyl (C=O) groups excluding carboxylic acids is 2. The molecule has 1 aromatic heterocycles. The molecule has 2 aliphatic heterocycles. The Hall–Kier alpha value is -3.06. The SMILES string of the molecule is O=C1CC[C@]2(C(=O)NCc3ccc(-c4ccn[nH]4)cc3)Sc3ccccc3N12. The maximum Gasteiger partial charge on any atom is 0.257 e. The summed E-state index contributed by atoms with van der Waals surface area (Å²) in [5, 5.41) is 9.94. The van der Waals surface area contributed by atoms with Crippen LogP contribution in [0, 0.1) is 0 Å². The summed E-state index contributed by atoms with van der Waals surface area (Å²) in [5.74, 6) is -0.103. The van der Waals surface area contributed by atoms with E-state index in [1.165, 1.54) is 11.8 Å². The number of aromatic amines is 1. The smallest absolute Gasteiger partial charge is 0.257 e. The van der Waals surface area contributed by atoms with E-state index in [0.29, 0.717) is 19.4 Å². The van der Waals surface area contributed by atoms with Gasteiger partial charge in [-0.2, -0.15) is 5.10 Å². The summed E-state index contributed by atoms with van der Waals surface area (Å²) >= 11 is 1.48. The molecular weight excluding hydrogens is 372 g/mol. The van der Waals surface area contributed by atoms with Gasteiger partial charge in [-0.25, -0.2) is 0 Å². The molecule has 7 heteroatoms. The molecule has 0 saturated carbocycles. The zero-order valence-electron chi connectivity index (χ0n) is 15.0. The molecule has 0 unspecified atom stereocenters. The molecule has 2 N–H and O–H groups in total. The van der Waals surface area contributed by atoms with E-state index >= 15 is 0 Å². The van der Waals surface area contributed by atoms with Crippen molar-refractivity contribution >= 4 is 29.3 Å². The number of aromatic nitrogens is 2. The Kier molecular flexibility index (Phi) is 3.98. The number of nitrogens with zero attached hydrogens (tertiary/aromatic N) is 2. The maximum atomic E-state index is 13.2. The van der Waals surface area contributed by atoms with E-state index in [-0.39, 0.29) is 11.8 Å². The van der Waals surface area contributed by atoms with Crippen LogP contribution in [0.2, 0.25) is 0 Å². The van der Waals surface area contributed by atoms with Crippen molar-refractivity contribution in [3.05, 3.63) is 66.4 Å². The quantitative estimate of drug-likeness (QED) is 0.716. The second kappa shape index (κ2) is 6.53. The average molecular weight is 390 g/mol. The number of benzene rings is 2. The molecule has 0 aliphatic carbocycles. The van der Waals surface area contributed by atoms with Crippen LogP contribution < -0.4 is 10.2 Å². The lowest BCUT2D eigenvalue weighted by atomic mass is 10.1. The van der Waals surface area contributed by atoms with Crippen molar-refractivity contribution < 1.29 is 9.59 Å². The molecular formula is C21H18N4O2S. The lowest BCUT2D eigenvalue weighted by Gasteiger charge is -2.29. The van der Waals surface area contributed by atoms with E-state index in [1.807, 2.05) is 54.6 Å². The average Bonchev–Trinajstić information content (AvgIpc) is 3.43. The lowest BCUT2D eigenvalue weighted by Crippen LogP contribution is -2.52. The number of hydrogen-bond acceptors (Lipinski definition) is 4. The van der Waals surface area contributed by atoms with Gasteiger partial charge in [-0.1, -0.05) is 48.2 Å². The Morgan fingerprint density at radius 3 is 2.79 bits per heavy atom. The minimum Gasteiger partial charge on any atom is -0.349 e. The summed E-state index contributed by atoms with van der Waals surface area (Å²) in [6, 6.07) is 17.6. The van der Waals surface area contributed by atoms with Gasteiger partial charge in [-0.05, 0) is 35.7 Å². The number of H-pyrrole nitrogens is 1.